The highest BCUT2D eigenvalue weighted by Crippen LogP contribution is 2.50. The van der Waals surface area contributed by atoms with E-state index in [1.165, 1.54) is 6.07 Å². The molecule has 0 saturated carbocycles. The van der Waals surface area contributed by atoms with Crippen molar-refractivity contribution in [2.45, 2.75) is 71.0 Å². The van der Waals surface area contributed by atoms with Gasteiger partial charge in [-0.1, -0.05) is 33.9 Å². The lowest BCUT2D eigenvalue weighted by atomic mass is 9.91. The van der Waals surface area contributed by atoms with Gasteiger partial charge in [-0.25, -0.2) is 4.79 Å². The summed E-state index contributed by atoms with van der Waals surface area (Å²) in [5.74, 6) is -1.18. The van der Waals surface area contributed by atoms with Crippen LogP contribution in [0.5, 0.6) is 11.5 Å². The summed E-state index contributed by atoms with van der Waals surface area (Å²) >= 11 is 0. The number of nitrogens with zero attached hydrogens (tertiary/aromatic N) is 1. The molecule has 26 heavy (non-hydrogen) atoms. The molecular weight excluding hydrogens is 350 g/mol. The third kappa shape index (κ3) is 2.78. The van der Waals surface area contributed by atoms with Gasteiger partial charge in [-0.15, -0.1) is 0 Å². The molecule has 0 bridgehead atoms. The maximum absolute atomic E-state index is 12.6. The van der Waals surface area contributed by atoms with Crippen LogP contribution in [0.25, 0.3) is 0 Å². The zero-order valence-electron chi connectivity index (χ0n) is 16.5. The summed E-state index contributed by atoms with van der Waals surface area (Å²) in [5.41, 5.74) is 0.910. The van der Waals surface area contributed by atoms with Gasteiger partial charge in [0, 0.05) is 26.3 Å². The number of cyclic esters (lactones) is 1. The van der Waals surface area contributed by atoms with Gasteiger partial charge in [0.2, 0.25) is 11.7 Å². The van der Waals surface area contributed by atoms with E-state index in [2.05, 4.69) is 33.9 Å². The van der Waals surface area contributed by atoms with Gasteiger partial charge < -0.3 is 19.1 Å². The monoisotopic (exact) mass is 377 g/mol. The smallest absolute Gasteiger partial charge is 0.345 e. The van der Waals surface area contributed by atoms with Crippen molar-refractivity contribution in [2.24, 2.45) is 0 Å². The molecule has 2 aliphatic rings. The molecule has 142 valence electrons. The van der Waals surface area contributed by atoms with Crippen LogP contribution in [0.2, 0.25) is 18.1 Å². The lowest BCUT2D eigenvalue weighted by molar-refractivity contribution is -0.140. The maximum atomic E-state index is 12.6. The molecule has 7 heteroatoms. The molecule has 3 rings (SSSR count). The number of amides is 1. The second kappa shape index (κ2) is 5.49. The van der Waals surface area contributed by atoms with Gasteiger partial charge in [-0.2, -0.15) is 0 Å². The number of carbonyl (C=O) groups excluding carboxylic acids is 2. The Hall–Kier alpha value is -2.02. The predicted octanol–water partition coefficient (Wildman–Crippen LogP) is 3.96. The maximum Gasteiger partial charge on any atom is 0.345 e. The van der Waals surface area contributed by atoms with E-state index < -0.39 is 20.0 Å². The molecule has 1 N–H and O–H groups in total. The number of rotatable bonds is 2. The van der Waals surface area contributed by atoms with E-state index in [1.54, 1.807) is 19.9 Å². The zero-order chi connectivity index (χ0) is 19.7. The predicted molar refractivity (Wildman–Crippen MR) is 99.6 cm³/mol. The van der Waals surface area contributed by atoms with Crippen LogP contribution in [-0.2, 0) is 9.53 Å². The van der Waals surface area contributed by atoms with Crippen molar-refractivity contribution in [3.63, 3.8) is 0 Å². The molecular formula is C19H27NO5Si. The third-order valence-corrected chi connectivity index (χ3v) is 11.2. The Kier molecular flexibility index (Phi) is 3.96. The number of β-lactam (4-membered cyclic amide) rings is 1. The lowest BCUT2D eigenvalue weighted by Gasteiger charge is -2.55. The molecule has 2 aliphatic heterocycles. The van der Waals surface area contributed by atoms with Crippen LogP contribution in [-0.4, -0.2) is 35.6 Å². The molecule has 1 saturated heterocycles. The minimum absolute atomic E-state index is 0.0128. The standard InChI is InChI=1S/C19H27NO5Si/c1-18(2,3)26(6,7)20-13(10-15(20)22)12-8-11(21)9-14-16(12)17(23)25-19(4,5)24-14/h8-9,13,21H,10H2,1-7H3/t13-/m0/s1. The summed E-state index contributed by atoms with van der Waals surface area (Å²) in [6.45, 7) is 14.0. The Labute approximate surface area is 155 Å². The van der Waals surface area contributed by atoms with Crippen LogP contribution in [0.4, 0.5) is 0 Å². The van der Waals surface area contributed by atoms with E-state index in [4.69, 9.17) is 9.47 Å². The molecule has 6 nitrogen and oxygen atoms in total. The number of hydrogen-bond donors (Lipinski definition) is 1. The quantitative estimate of drug-likeness (QED) is 0.480. The largest absolute Gasteiger partial charge is 0.508 e. The van der Waals surface area contributed by atoms with Gasteiger partial charge in [-0.05, 0) is 16.7 Å². The minimum atomic E-state index is -2.13. The second-order valence-corrected chi connectivity index (χ2v) is 14.2. The molecule has 1 atom stereocenters. The SMILES string of the molecule is CC1(C)OC(=O)c2c(cc(O)cc2[C@@H]2CC(=O)N2[Si](C)(C)C(C)(C)C)O1. The van der Waals surface area contributed by atoms with E-state index in [0.717, 1.165) is 0 Å². The Morgan fingerprint density at radius 2 is 1.81 bits per heavy atom. The highest BCUT2D eigenvalue weighted by molar-refractivity contribution is 6.79. The van der Waals surface area contributed by atoms with Gasteiger partial charge in [0.05, 0.1) is 6.04 Å². The first-order valence-electron chi connectivity index (χ1n) is 8.86. The molecule has 1 fully saturated rings. The van der Waals surface area contributed by atoms with Crippen molar-refractivity contribution in [3.05, 3.63) is 23.3 Å². The Bertz CT molecular complexity index is 794. The summed E-state index contributed by atoms with van der Waals surface area (Å²) < 4.78 is 13.1. The summed E-state index contributed by atoms with van der Waals surface area (Å²) in [5, 5.41) is 10.2. The van der Waals surface area contributed by atoms with Crippen LogP contribution >= 0.6 is 0 Å². The number of hydrogen-bond acceptors (Lipinski definition) is 5. The highest BCUT2D eigenvalue weighted by Gasteiger charge is 2.53. The first kappa shape index (κ1) is 18.8. The zero-order valence-corrected chi connectivity index (χ0v) is 17.5. The van der Waals surface area contributed by atoms with Crippen LogP contribution in [0.15, 0.2) is 12.1 Å². The second-order valence-electron chi connectivity index (χ2n) is 9.09. The summed E-state index contributed by atoms with van der Waals surface area (Å²) in [6, 6.07) is 2.73. The molecule has 0 radical (unpaired) electrons. The molecule has 1 aromatic rings. The van der Waals surface area contributed by atoms with Gasteiger partial charge in [0.15, 0.2) is 8.24 Å². The van der Waals surface area contributed by atoms with Crippen LogP contribution < -0.4 is 4.74 Å². The molecule has 0 spiro atoms. The van der Waals surface area contributed by atoms with E-state index in [1.807, 2.05) is 4.57 Å². The van der Waals surface area contributed by atoms with Crippen LogP contribution in [0.3, 0.4) is 0 Å². The first-order chi connectivity index (χ1) is 11.7. The van der Waals surface area contributed by atoms with Crippen LogP contribution in [0, 0.1) is 0 Å². The first-order valence-corrected chi connectivity index (χ1v) is 11.8. The fourth-order valence-electron chi connectivity index (χ4n) is 3.47. The Morgan fingerprint density at radius 3 is 2.35 bits per heavy atom. The van der Waals surface area contributed by atoms with Gasteiger partial charge in [0.1, 0.15) is 17.1 Å². The highest BCUT2D eigenvalue weighted by atomic mass is 28.3. The van der Waals surface area contributed by atoms with Crippen molar-refractivity contribution in [1.82, 2.24) is 4.57 Å². The van der Waals surface area contributed by atoms with E-state index in [9.17, 15) is 14.7 Å². The average Bonchev–Trinajstić information content (AvgIpc) is 2.39. The number of carbonyl (C=O) groups is 2. The lowest BCUT2D eigenvalue weighted by Crippen LogP contribution is -2.64. The fraction of sp³-hybridized carbons (Fsp3) is 0.579. The van der Waals surface area contributed by atoms with Crippen molar-refractivity contribution >= 4 is 20.1 Å². The topological polar surface area (TPSA) is 76.1 Å². The normalized spacial score (nSPS) is 22.3. The third-order valence-electron chi connectivity index (χ3n) is 5.76. The fourth-order valence-corrected chi connectivity index (χ4v) is 5.92. The van der Waals surface area contributed by atoms with Crippen LogP contribution in [0.1, 0.15) is 63.0 Å². The Balaban J connectivity index is 2.10. The Morgan fingerprint density at radius 1 is 1.19 bits per heavy atom. The van der Waals surface area contributed by atoms with Gasteiger partial charge in [-0.3, -0.25) is 4.79 Å². The number of phenols is 1. The molecule has 0 unspecified atom stereocenters. The van der Waals surface area contributed by atoms with Gasteiger partial charge in [0.25, 0.3) is 0 Å². The molecule has 1 aromatic carbocycles. The number of esters is 1. The molecule has 0 aromatic heterocycles. The average molecular weight is 378 g/mol. The molecule has 1 amide bonds. The number of phenolic OH excluding ortho intramolecular Hbond substituents is 1. The van der Waals surface area contributed by atoms with Gasteiger partial charge >= 0.3 is 5.97 Å². The molecule has 0 aliphatic carbocycles. The number of ether oxygens (including phenoxy) is 2. The molecule has 2 heterocycles. The minimum Gasteiger partial charge on any atom is -0.508 e. The van der Waals surface area contributed by atoms with E-state index >= 15 is 0 Å². The summed E-state index contributed by atoms with van der Waals surface area (Å²) in [4.78, 5) is 25.1. The van der Waals surface area contributed by atoms with Crippen molar-refractivity contribution in [1.29, 1.82) is 0 Å². The summed E-state index contributed by atoms with van der Waals surface area (Å²) in [7, 11) is -2.13. The summed E-state index contributed by atoms with van der Waals surface area (Å²) in [6.07, 6.45) is 0.319. The van der Waals surface area contributed by atoms with E-state index in [0.29, 0.717) is 23.3 Å². The van der Waals surface area contributed by atoms with Crippen molar-refractivity contribution < 1.29 is 24.2 Å². The van der Waals surface area contributed by atoms with E-state index in [-0.39, 0.29) is 22.7 Å². The number of fused-ring (bicyclic) bond motifs is 1. The van der Waals surface area contributed by atoms with Crippen molar-refractivity contribution in [2.75, 3.05) is 0 Å². The number of aromatic hydroxyl groups is 1. The van der Waals surface area contributed by atoms with Crippen molar-refractivity contribution in [3.8, 4) is 11.5 Å². The number of benzene rings is 1.